The minimum Gasteiger partial charge on any atom is -0.481 e. The van der Waals surface area contributed by atoms with Gasteiger partial charge >= 0.3 is 12.1 Å². The Morgan fingerprint density at radius 2 is 2.11 bits per heavy atom. The Balaban J connectivity index is 2.45. The molecule has 102 valence electrons. The molecule has 19 heavy (non-hydrogen) atoms. The van der Waals surface area contributed by atoms with E-state index in [1.165, 1.54) is 6.08 Å². The lowest BCUT2D eigenvalue weighted by molar-refractivity contribution is -0.136. The number of carboxylic acids is 1. The van der Waals surface area contributed by atoms with Crippen LogP contribution in [0.15, 0.2) is 36.9 Å². The first-order valence-corrected chi connectivity index (χ1v) is 5.93. The lowest BCUT2D eigenvalue weighted by Crippen LogP contribution is -2.23. The summed E-state index contributed by atoms with van der Waals surface area (Å²) in [5, 5.41) is 11.2. The van der Waals surface area contributed by atoms with Gasteiger partial charge in [-0.2, -0.15) is 0 Å². The van der Waals surface area contributed by atoms with Crippen LogP contribution in [-0.2, 0) is 22.5 Å². The standard InChI is InChI=1S/C14H17NO4/c1-2-8-19-14(18)15-10-12-5-3-4-11(9-12)6-7-13(16)17/h2-5,9H,1,6-8,10H2,(H,15,18)(H,16,17). The summed E-state index contributed by atoms with van der Waals surface area (Å²) < 4.78 is 4.78. The van der Waals surface area contributed by atoms with Crippen molar-refractivity contribution in [3.8, 4) is 0 Å². The van der Waals surface area contributed by atoms with Crippen molar-refractivity contribution in [3.63, 3.8) is 0 Å². The zero-order valence-corrected chi connectivity index (χ0v) is 10.6. The van der Waals surface area contributed by atoms with Crippen LogP contribution in [0.2, 0.25) is 0 Å². The van der Waals surface area contributed by atoms with Crippen molar-refractivity contribution in [1.29, 1.82) is 0 Å². The predicted molar refractivity (Wildman–Crippen MR) is 70.8 cm³/mol. The third-order valence-electron chi connectivity index (χ3n) is 2.39. The first kappa shape index (κ1) is 14.8. The largest absolute Gasteiger partial charge is 0.481 e. The van der Waals surface area contributed by atoms with E-state index >= 15 is 0 Å². The Morgan fingerprint density at radius 3 is 2.79 bits per heavy atom. The maximum atomic E-state index is 11.2. The summed E-state index contributed by atoms with van der Waals surface area (Å²) in [6.07, 6.45) is 1.56. The molecule has 0 atom stereocenters. The molecule has 0 unspecified atom stereocenters. The molecule has 0 fully saturated rings. The third-order valence-corrected chi connectivity index (χ3v) is 2.39. The second kappa shape index (κ2) is 7.92. The molecule has 2 N–H and O–H groups in total. The lowest BCUT2D eigenvalue weighted by Gasteiger charge is -2.07. The van der Waals surface area contributed by atoms with Gasteiger partial charge in [-0.05, 0) is 17.5 Å². The maximum absolute atomic E-state index is 11.2. The van der Waals surface area contributed by atoms with Crippen molar-refractivity contribution < 1.29 is 19.4 Å². The summed E-state index contributed by atoms with van der Waals surface area (Å²) in [5.41, 5.74) is 1.83. The van der Waals surface area contributed by atoms with Gasteiger partial charge in [-0.3, -0.25) is 4.79 Å². The number of nitrogens with one attached hydrogen (secondary N) is 1. The summed E-state index contributed by atoms with van der Waals surface area (Å²) in [6, 6.07) is 7.43. The molecule has 5 heteroatoms. The number of alkyl carbamates (subject to hydrolysis) is 1. The van der Waals surface area contributed by atoms with Crippen LogP contribution in [0.1, 0.15) is 17.5 Å². The van der Waals surface area contributed by atoms with Crippen molar-refractivity contribution in [2.24, 2.45) is 0 Å². The molecule has 1 rings (SSSR count). The fourth-order valence-corrected chi connectivity index (χ4v) is 1.51. The van der Waals surface area contributed by atoms with Gasteiger partial charge in [0.15, 0.2) is 0 Å². The number of rotatable bonds is 7. The van der Waals surface area contributed by atoms with Crippen molar-refractivity contribution in [2.45, 2.75) is 19.4 Å². The zero-order chi connectivity index (χ0) is 14.1. The second-order valence-corrected chi connectivity index (χ2v) is 3.95. The van der Waals surface area contributed by atoms with Gasteiger partial charge in [0.25, 0.3) is 0 Å². The van der Waals surface area contributed by atoms with Gasteiger partial charge in [-0.15, -0.1) is 0 Å². The molecule has 0 heterocycles. The van der Waals surface area contributed by atoms with Crippen LogP contribution in [0, 0.1) is 0 Å². The van der Waals surface area contributed by atoms with Crippen LogP contribution in [-0.4, -0.2) is 23.8 Å². The molecule has 5 nitrogen and oxygen atoms in total. The van der Waals surface area contributed by atoms with E-state index in [1.807, 2.05) is 24.3 Å². The normalized spacial score (nSPS) is 9.68. The summed E-state index contributed by atoms with van der Waals surface area (Å²) in [5.74, 6) is -0.823. The van der Waals surface area contributed by atoms with Gasteiger partial charge in [0.05, 0.1) is 0 Å². The van der Waals surface area contributed by atoms with E-state index in [1.54, 1.807) is 0 Å². The quantitative estimate of drug-likeness (QED) is 0.739. The predicted octanol–water partition coefficient (Wildman–Crippen LogP) is 2.12. The average Bonchev–Trinajstić information content (AvgIpc) is 2.41. The van der Waals surface area contributed by atoms with Crippen LogP contribution < -0.4 is 5.32 Å². The van der Waals surface area contributed by atoms with E-state index in [9.17, 15) is 9.59 Å². The molecule has 0 radical (unpaired) electrons. The summed E-state index contributed by atoms with van der Waals surface area (Å²) >= 11 is 0. The third kappa shape index (κ3) is 6.26. The fourth-order valence-electron chi connectivity index (χ4n) is 1.51. The number of carbonyl (C=O) groups excluding carboxylic acids is 1. The number of amides is 1. The number of carbonyl (C=O) groups is 2. The molecular weight excluding hydrogens is 246 g/mol. The van der Waals surface area contributed by atoms with Gasteiger partial charge in [-0.25, -0.2) is 4.79 Å². The molecule has 0 aliphatic carbocycles. The molecule has 0 saturated carbocycles. The average molecular weight is 263 g/mol. The number of hydrogen-bond donors (Lipinski definition) is 2. The summed E-state index contributed by atoms with van der Waals surface area (Å²) in [7, 11) is 0. The van der Waals surface area contributed by atoms with E-state index in [-0.39, 0.29) is 13.0 Å². The first-order valence-electron chi connectivity index (χ1n) is 5.93. The number of benzene rings is 1. The van der Waals surface area contributed by atoms with E-state index in [0.29, 0.717) is 13.0 Å². The molecule has 0 saturated heterocycles. The van der Waals surface area contributed by atoms with Crippen LogP contribution >= 0.6 is 0 Å². The highest BCUT2D eigenvalue weighted by Crippen LogP contribution is 2.07. The van der Waals surface area contributed by atoms with Gasteiger partial charge in [0.1, 0.15) is 6.61 Å². The Kier molecular flexibility index (Phi) is 6.15. The summed E-state index contributed by atoms with van der Waals surface area (Å²) in [4.78, 5) is 21.7. The van der Waals surface area contributed by atoms with Crippen molar-refractivity contribution in [1.82, 2.24) is 5.32 Å². The minimum atomic E-state index is -0.823. The van der Waals surface area contributed by atoms with Gasteiger partial charge in [0, 0.05) is 13.0 Å². The second-order valence-electron chi connectivity index (χ2n) is 3.95. The Labute approximate surface area is 111 Å². The minimum absolute atomic E-state index is 0.0955. The highest BCUT2D eigenvalue weighted by Gasteiger charge is 2.03. The molecule has 0 bridgehead atoms. The number of aryl methyl sites for hydroxylation is 1. The van der Waals surface area contributed by atoms with Crippen LogP contribution in [0.5, 0.6) is 0 Å². The monoisotopic (exact) mass is 263 g/mol. The van der Waals surface area contributed by atoms with Gasteiger partial charge < -0.3 is 15.2 Å². The first-order chi connectivity index (χ1) is 9.11. The van der Waals surface area contributed by atoms with Gasteiger partial charge in [0.2, 0.25) is 0 Å². The molecular formula is C14H17NO4. The van der Waals surface area contributed by atoms with Crippen LogP contribution in [0.3, 0.4) is 0 Å². The SMILES string of the molecule is C=CCOC(=O)NCc1cccc(CCC(=O)O)c1. The van der Waals surface area contributed by atoms with E-state index in [4.69, 9.17) is 9.84 Å². The van der Waals surface area contributed by atoms with E-state index in [0.717, 1.165) is 11.1 Å². The molecule has 0 aliphatic rings. The van der Waals surface area contributed by atoms with Crippen molar-refractivity contribution in [3.05, 3.63) is 48.0 Å². The summed E-state index contributed by atoms with van der Waals surface area (Å²) in [6.45, 7) is 3.96. The lowest BCUT2D eigenvalue weighted by atomic mass is 10.1. The Hall–Kier alpha value is -2.30. The smallest absolute Gasteiger partial charge is 0.407 e. The molecule has 1 aromatic carbocycles. The molecule has 0 spiro atoms. The van der Waals surface area contributed by atoms with Crippen molar-refractivity contribution in [2.75, 3.05) is 6.61 Å². The highest BCUT2D eigenvalue weighted by molar-refractivity contribution is 5.67. The van der Waals surface area contributed by atoms with Crippen LogP contribution in [0.4, 0.5) is 4.79 Å². The number of carboxylic acid groups (broad SMARTS) is 1. The number of aliphatic carboxylic acids is 1. The molecule has 1 aromatic rings. The Bertz CT molecular complexity index is 457. The zero-order valence-electron chi connectivity index (χ0n) is 10.6. The van der Waals surface area contributed by atoms with Crippen molar-refractivity contribution >= 4 is 12.1 Å². The Morgan fingerprint density at radius 1 is 1.37 bits per heavy atom. The number of hydrogen-bond acceptors (Lipinski definition) is 3. The number of ether oxygens (including phenoxy) is 1. The molecule has 0 aliphatic heterocycles. The molecule has 0 aromatic heterocycles. The van der Waals surface area contributed by atoms with Gasteiger partial charge in [-0.1, -0.05) is 36.9 Å². The van der Waals surface area contributed by atoms with E-state index < -0.39 is 12.1 Å². The highest BCUT2D eigenvalue weighted by atomic mass is 16.5. The maximum Gasteiger partial charge on any atom is 0.407 e. The topological polar surface area (TPSA) is 75.6 Å². The molecule has 1 amide bonds. The fraction of sp³-hybridized carbons (Fsp3) is 0.286. The van der Waals surface area contributed by atoms with Crippen LogP contribution in [0.25, 0.3) is 0 Å². The van der Waals surface area contributed by atoms with E-state index in [2.05, 4.69) is 11.9 Å².